The van der Waals surface area contributed by atoms with Gasteiger partial charge in [-0.3, -0.25) is 25.8 Å². The molecule has 2 aromatic rings. The Morgan fingerprint density at radius 2 is 1.69 bits per heavy atom. The van der Waals surface area contributed by atoms with Crippen molar-refractivity contribution >= 4 is 29.1 Å². The van der Waals surface area contributed by atoms with Crippen molar-refractivity contribution in [2.45, 2.75) is 33.1 Å². The number of thiocarbonyl (C=S) groups is 1. The highest BCUT2D eigenvalue weighted by atomic mass is 32.1. The summed E-state index contributed by atoms with van der Waals surface area (Å²) >= 11 is 5.09. The number of hydrazine groups is 1. The maximum absolute atomic E-state index is 12.5. The largest absolute Gasteiger partial charge is 0.493 e. The normalized spacial score (nSPS) is 10.3. The second-order valence-electron chi connectivity index (χ2n) is 6.97. The molecule has 0 heterocycles. The van der Waals surface area contributed by atoms with E-state index in [1.165, 1.54) is 0 Å². The van der Waals surface area contributed by atoms with Crippen LogP contribution in [0.1, 0.15) is 42.6 Å². The molecule has 0 saturated carbocycles. The van der Waals surface area contributed by atoms with Crippen molar-refractivity contribution in [3.63, 3.8) is 0 Å². The Hall–Kier alpha value is -2.93. The van der Waals surface area contributed by atoms with Crippen molar-refractivity contribution in [3.8, 4) is 5.75 Å². The Morgan fingerprint density at radius 3 is 2.41 bits per heavy atom. The molecule has 2 aromatic carbocycles. The molecule has 0 radical (unpaired) electrons. The van der Waals surface area contributed by atoms with Crippen LogP contribution in [0, 0.1) is 5.92 Å². The minimum atomic E-state index is -0.402. The minimum Gasteiger partial charge on any atom is -0.493 e. The van der Waals surface area contributed by atoms with Gasteiger partial charge >= 0.3 is 0 Å². The number of carbonyl (C=O) groups is 2. The molecule has 0 unspecified atom stereocenters. The molecule has 0 atom stereocenters. The SMILES string of the molecule is CC(C)CCOc1ccccc1C(=O)NC(=S)NNC(=O)CCc1ccccc1. The van der Waals surface area contributed by atoms with Crippen molar-refractivity contribution in [2.75, 3.05) is 6.61 Å². The van der Waals surface area contributed by atoms with Gasteiger partial charge in [0.1, 0.15) is 5.75 Å². The Kier molecular flexibility index (Phi) is 9.11. The van der Waals surface area contributed by atoms with Crippen molar-refractivity contribution in [1.82, 2.24) is 16.2 Å². The number of hydrogen-bond donors (Lipinski definition) is 3. The zero-order valence-corrected chi connectivity index (χ0v) is 17.6. The molecule has 2 amide bonds. The Balaban J connectivity index is 1.78. The van der Waals surface area contributed by atoms with Crippen LogP contribution in [0.15, 0.2) is 54.6 Å². The van der Waals surface area contributed by atoms with Crippen LogP contribution in [0.5, 0.6) is 5.75 Å². The number of para-hydroxylation sites is 1. The van der Waals surface area contributed by atoms with E-state index in [1.54, 1.807) is 18.2 Å². The van der Waals surface area contributed by atoms with Gasteiger partial charge in [-0.05, 0) is 48.7 Å². The highest BCUT2D eigenvalue weighted by Crippen LogP contribution is 2.18. The quantitative estimate of drug-likeness (QED) is 0.457. The van der Waals surface area contributed by atoms with Crippen LogP contribution in [0.2, 0.25) is 0 Å². The first-order chi connectivity index (χ1) is 14.0. The predicted octanol–water partition coefficient (Wildman–Crippen LogP) is 3.38. The van der Waals surface area contributed by atoms with E-state index in [0.717, 1.165) is 12.0 Å². The molecule has 0 saturated heterocycles. The van der Waals surface area contributed by atoms with Crippen LogP contribution in [-0.2, 0) is 11.2 Å². The average Bonchev–Trinajstić information content (AvgIpc) is 2.71. The van der Waals surface area contributed by atoms with Crippen LogP contribution in [0.4, 0.5) is 0 Å². The molecule has 3 N–H and O–H groups in total. The van der Waals surface area contributed by atoms with E-state index < -0.39 is 5.91 Å². The van der Waals surface area contributed by atoms with E-state index in [4.69, 9.17) is 17.0 Å². The summed E-state index contributed by atoms with van der Waals surface area (Å²) < 4.78 is 5.73. The zero-order chi connectivity index (χ0) is 21.1. The smallest absolute Gasteiger partial charge is 0.261 e. The summed E-state index contributed by atoms with van der Waals surface area (Å²) in [5.74, 6) is 0.391. The van der Waals surface area contributed by atoms with E-state index in [9.17, 15) is 9.59 Å². The summed E-state index contributed by atoms with van der Waals surface area (Å²) in [6.07, 6.45) is 1.82. The number of carbonyl (C=O) groups excluding carboxylic acids is 2. The molecule has 0 aliphatic heterocycles. The number of nitrogens with one attached hydrogen (secondary N) is 3. The second kappa shape index (κ2) is 11.8. The topological polar surface area (TPSA) is 79.5 Å². The van der Waals surface area contributed by atoms with Crippen molar-refractivity contribution < 1.29 is 14.3 Å². The highest BCUT2D eigenvalue weighted by Gasteiger charge is 2.14. The van der Waals surface area contributed by atoms with Crippen molar-refractivity contribution in [3.05, 3.63) is 65.7 Å². The van der Waals surface area contributed by atoms with Crippen LogP contribution in [-0.4, -0.2) is 23.5 Å². The molecule has 0 fully saturated rings. The molecule has 29 heavy (non-hydrogen) atoms. The summed E-state index contributed by atoms with van der Waals surface area (Å²) in [5.41, 5.74) is 6.51. The van der Waals surface area contributed by atoms with Gasteiger partial charge in [0, 0.05) is 6.42 Å². The number of aryl methyl sites for hydroxylation is 1. The summed E-state index contributed by atoms with van der Waals surface area (Å²) in [6.45, 7) is 4.75. The van der Waals surface area contributed by atoms with E-state index >= 15 is 0 Å². The van der Waals surface area contributed by atoms with E-state index in [1.807, 2.05) is 36.4 Å². The van der Waals surface area contributed by atoms with Crippen LogP contribution < -0.4 is 20.9 Å². The molecule has 0 bridgehead atoms. The van der Waals surface area contributed by atoms with Gasteiger partial charge in [-0.15, -0.1) is 0 Å². The zero-order valence-electron chi connectivity index (χ0n) is 16.7. The van der Waals surface area contributed by atoms with Gasteiger partial charge in [-0.1, -0.05) is 56.3 Å². The third-order valence-corrected chi connectivity index (χ3v) is 4.31. The van der Waals surface area contributed by atoms with Gasteiger partial charge in [0.25, 0.3) is 5.91 Å². The molecule has 6 nitrogen and oxygen atoms in total. The number of rotatable bonds is 8. The van der Waals surface area contributed by atoms with Crippen LogP contribution in [0.3, 0.4) is 0 Å². The molecule has 0 aliphatic carbocycles. The van der Waals surface area contributed by atoms with Crippen LogP contribution in [0.25, 0.3) is 0 Å². The highest BCUT2D eigenvalue weighted by molar-refractivity contribution is 7.80. The summed E-state index contributed by atoms with van der Waals surface area (Å²) in [5, 5.41) is 2.57. The third kappa shape index (κ3) is 8.31. The Morgan fingerprint density at radius 1 is 1.00 bits per heavy atom. The minimum absolute atomic E-state index is 0.0139. The monoisotopic (exact) mass is 413 g/mol. The number of hydrogen-bond acceptors (Lipinski definition) is 4. The fourth-order valence-corrected chi connectivity index (χ4v) is 2.62. The molecule has 7 heteroatoms. The molecule has 154 valence electrons. The third-order valence-electron chi connectivity index (χ3n) is 4.11. The molecule has 2 rings (SSSR count). The number of ether oxygens (including phenoxy) is 1. The lowest BCUT2D eigenvalue weighted by Crippen LogP contribution is -2.48. The van der Waals surface area contributed by atoms with Gasteiger partial charge in [-0.2, -0.15) is 0 Å². The lowest BCUT2D eigenvalue weighted by atomic mass is 10.1. The Labute approximate surface area is 177 Å². The number of amides is 2. The van der Waals surface area contributed by atoms with Gasteiger partial charge in [0.15, 0.2) is 5.11 Å². The van der Waals surface area contributed by atoms with Gasteiger partial charge in [-0.25, -0.2) is 0 Å². The van der Waals surface area contributed by atoms with Crippen molar-refractivity contribution in [1.29, 1.82) is 0 Å². The average molecular weight is 414 g/mol. The standard InChI is InChI=1S/C22H27N3O3S/c1-16(2)14-15-28-19-11-7-6-10-18(19)21(27)23-22(29)25-24-20(26)13-12-17-8-4-3-5-9-17/h3-11,16H,12-15H2,1-2H3,(H,24,26)(H2,23,25,27,29). The van der Waals surface area contributed by atoms with E-state index in [0.29, 0.717) is 36.7 Å². The van der Waals surface area contributed by atoms with Gasteiger partial charge in [0.05, 0.1) is 12.2 Å². The first-order valence-electron chi connectivity index (χ1n) is 9.61. The fourth-order valence-electron chi connectivity index (χ4n) is 2.48. The van der Waals surface area contributed by atoms with Crippen LogP contribution >= 0.6 is 12.2 Å². The lowest BCUT2D eigenvalue weighted by Gasteiger charge is -2.14. The summed E-state index contributed by atoms with van der Waals surface area (Å²) in [4.78, 5) is 24.4. The first-order valence-corrected chi connectivity index (χ1v) is 10.0. The second-order valence-corrected chi connectivity index (χ2v) is 7.38. The maximum atomic E-state index is 12.5. The molecular weight excluding hydrogens is 386 g/mol. The van der Waals surface area contributed by atoms with E-state index in [2.05, 4.69) is 30.0 Å². The molecule has 0 aliphatic rings. The summed E-state index contributed by atoms with van der Waals surface area (Å²) in [7, 11) is 0. The van der Waals surface area contributed by atoms with Gasteiger partial charge < -0.3 is 4.74 Å². The van der Waals surface area contributed by atoms with Gasteiger partial charge in [0.2, 0.25) is 5.91 Å². The molecule has 0 aromatic heterocycles. The predicted molar refractivity (Wildman–Crippen MR) is 117 cm³/mol. The molecular formula is C22H27N3O3S. The number of benzene rings is 2. The molecule has 0 spiro atoms. The lowest BCUT2D eigenvalue weighted by molar-refractivity contribution is -0.121. The fraction of sp³-hybridized carbons (Fsp3) is 0.318. The van der Waals surface area contributed by atoms with E-state index in [-0.39, 0.29) is 11.0 Å². The first kappa shape index (κ1) is 22.4. The van der Waals surface area contributed by atoms with Crippen molar-refractivity contribution in [2.24, 2.45) is 5.92 Å². The summed E-state index contributed by atoms with van der Waals surface area (Å²) in [6, 6.07) is 16.7. The Bertz CT molecular complexity index is 825. The maximum Gasteiger partial charge on any atom is 0.261 e.